The predicted molar refractivity (Wildman–Crippen MR) is 111 cm³/mol. The van der Waals surface area contributed by atoms with Crippen molar-refractivity contribution in [3.05, 3.63) is 96.1 Å². The Balaban J connectivity index is 1.74. The van der Waals surface area contributed by atoms with E-state index in [1.54, 1.807) is 42.5 Å². The molecule has 0 aliphatic carbocycles. The van der Waals surface area contributed by atoms with Crippen LogP contribution in [0, 0.1) is 0 Å². The minimum atomic E-state index is -3.77. The van der Waals surface area contributed by atoms with Crippen LogP contribution >= 0.6 is 0 Å². The zero-order valence-corrected chi connectivity index (χ0v) is 16.3. The third kappa shape index (κ3) is 4.78. The van der Waals surface area contributed by atoms with E-state index < -0.39 is 10.0 Å². The molecule has 0 radical (unpaired) electrons. The van der Waals surface area contributed by atoms with Crippen LogP contribution in [0.5, 0.6) is 0 Å². The molecule has 0 saturated heterocycles. The molecule has 0 aliphatic rings. The number of anilines is 1. The second-order valence-corrected chi connectivity index (χ2v) is 8.17. The summed E-state index contributed by atoms with van der Waals surface area (Å²) in [4.78, 5) is 12.8. The highest BCUT2D eigenvalue weighted by Crippen LogP contribution is 2.20. The van der Waals surface area contributed by atoms with Gasteiger partial charge in [-0.3, -0.25) is 9.52 Å². The molecule has 3 aromatic rings. The van der Waals surface area contributed by atoms with Crippen molar-refractivity contribution in [2.24, 2.45) is 0 Å². The van der Waals surface area contributed by atoms with Crippen LogP contribution in [-0.2, 0) is 10.0 Å². The number of carbonyl (C=O) groups is 1. The first-order valence-corrected chi connectivity index (χ1v) is 10.5. The van der Waals surface area contributed by atoms with Crippen molar-refractivity contribution in [2.75, 3.05) is 11.3 Å². The van der Waals surface area contributed by atoms with Crippen LogP contribution in [0.4, 0.5) is 5.69 Å². The molecule has 0 saturated carbocycles. The van der Waals surface area contributed by atoms with Crippen LogP contribution in [0.15, 0.2) is 89.8 Å². The predicted octanol–water partition coefficient (Wildman–Crippen LogP) is 4.02. The van der Waals surface area contributed by atoms with Crippen molar-refractivity contribution >= 4 is 21.6 Å². The molecule has 3 aromatic carbocycles. The molecule has 2 N–H and O–H groups in total. The molecule has 6 heteroatoms. The van der Waals surface area contributed by atoms with Gasteiger partial charge in [0.1, 0.15) is 0 Å². The smallest absolute Gasteiger partial charge is 0.261 e. The van der Waals surface area contributed by atoms with Gasteiger partial charge in [0.25, 0.3) is 15.9 Å². The molecule has 1 amide bonds. The summed E-state index contributed by atoms with van der Waals surface area (Å²) < 4.78 is 27.7. The van der Waals surface area contributed by atoms with Crippen LogP contribution in [0.2, 0.25) is 0 Å². The van der Waals surface area contributed by atoms with Gasteiger partial charge in [-0.25, -0.2) is 8.42 Å². The van der Waals surface area contributed by atoms with Crippen molar-refractivity contribution < 1.29 is 13.2 Å². The Labute approximate surface area is 165 Å². The molecule has 0 bridgehead atoms. The van der Waals surface area contributed by atoms with Gasteiger partial charge in [0.15, 0.2) is 0 Å². The summed E-state index contributed by atoms with van der Waals surface area (Å²) in [5.74, 6) is -0.188. The Morgan fingerprint density at radius 1 is 0.857 bits per heavy atom. The quantitative estimate of drug-likeness (QED) is 0.635. The molecular weight excluding hydrogens is 372 g/mol. The number of sulfonamides is 1. The lowest BCUT2D eigenvalue weighted by Gasteiger charge is -2.15. The van der Waals surface area contributed by atoms with Crippen molar-refractivity contribution in [3.8, 4) is 0 Å². The van der Waals surface area contributed by atoms with Gasteiger partial charge in [-0.05, 0) is 35.7 Å². The molecule has 0 heterocycles. The SMILES string of the molecule is C[C@@H](CNC(=O)c1ccccc1NS(=O)(=O)c1ccccc1)c1ccccc1. The first kappa shape index (κ1) is 19.6. The van der Waals surface area contributed by atoms with Crippen LogP contribution in [0.25, 0.3) is 0 Å². The normalized spacial score (nSPS) is 12.2. The Bertz CT molecular complexity index is 1040. The van der Waals surface area contributed by atoms with Crippen molar-refractivity contribution in [1.29, 1.82) is 0 Å². The largest absolute Gasteiger partial charge is 0.351 e. The van der Waals surface area contributed by atoms with Crippen LogP contribution in [-0.4, -0.2) is 20.9 Å². The van der Waals surface area contributed by atoms with Crippen molar-refractivity contribution in [1.82, 2.24) is 5.32 Å². The lowest BCUT2D eigenvalue weighted by Crippen LogP contribution is -2.28. The molecular formula is C22H22N2O3S. The lowest BCUT2D eigenvalue weighted by atomic mass is 10.0. The third-order valence-electron chi connectivity index (χ3n) is 4.41. The van der Waals surface area contributed by atoms with Crippen LogP contribution in [0.3, 0.4) is 0 Å². The van der Waals surface area contributed by atoms with Gasteiger partial charge in [0.05, 0.1) is 16.1 Å². The summed E-state index contributed by atoms with van der Waals surface area (Å²) in [5.41, 5.74) is 1.65. The third-order valence-corrected chi connectivity index (χ3v) is 5.79. The second-order valence-electron chi connectivity index (χ2n) is 6.49. The van der Waals surface area contributed by atoms with Gasteiger partial charge < -0.3 is 5.32 Å². The molecule has 0 spiro atoms. The molecule has 28 heavy (non-hydrogen) atoms. The van der Waals surface area contributed by atoms with Gasteiger partial charge in [0.2, 0.25) is 0 Å². The maximum atomic E-state index is 12.7. The molecule has 3 rings (SSSR count). The average molecular weight is 394 g/mol. The second kappa shape index (κ2) is 8.71. The monoisotopic (exact) mass is 394 g/mol. The highest BCUT2D eigenvalue weighted by molar-refractivity contribution is 7.92. The first-order chi connectivity index (χ1) is 13.5. The van der Waals surface area contributed by atoms with E-state index in [-0.39, 0.29) is 28.0 Å². The number of rotatable bonds is 7. The van der Waals surface area contributed by atoms with Crippen molar-refractivity contribution in [2.45, 2.75) is 17.7 Å². The Morgan fingerprint density at radius 3 is 2.11 bits per heavy atom. The maximum absolute atomic E-state index is 12.7. The highest BCUT2D eigenvalue weighted by Gasteiger charge is 2.18. The van der Waals surface area contributed by atoms with E-state index in [0.717, 1.165) is 5.56 Å². The van der Waals surface area contributed by atoms with E-state index in [0.29, 0.717) is 6.54 Å². The standard InChI is InChI=1S/C22H22N2O3S/c1-17(18-10-4-2-5-11-18)16-23-22(25)20-14-8-9-15-21(20)24-28(26,27)19-12-6-3-7-13-19/h2-15,17,24H,16H2,1H3,(H,23,25)/t17-/m0/s1. The number of hydrogen-bond acceptors (Lipinski definition) is 3. The number of amides is 1. The van der Waals surface area contributed by atoms with Crippen LogP contribution in [0.1, 0.15) is 28.8 Å². The summed E-state index contributed by atoms with van der Waals surface area (Å²) in [6.07, 6.45) is 0. The lowest BCUT2D eigenvalue weighted by molar-refractivity contribution is 0.0952. The fourth-order valence-electron chi connectivity index (χ4n) is 2.81. The molecule has 0 unspecified atom stereocenters. The topological polar surface area (TPSA) is 75.3 Å². The number of nitrogens with one attached hydrogen (secondary N) is 2. The van der Waals surface area contributed by atoms with E-state index in [2.05, 4.69) is 10.0 Å². The highest BCUT2D eigenvalue weighted by atomic mass is 32.2. The molecule has 0 aliphatic heterocycles. The minimum absolute atomic E-state index is 0.137. The zero-order chi connectivity index (χ0) is 20.0. The number of hydrogen-bond donors (Lipinski definition) is 2. The summed E-state index contributed by atoms with van der Waals surface area (Å²) >= 11 is 0. The Hall–Kier alpha value is -3.12. The van der Waals surface area contributed by atoms with E-state index in [9.17, 15) is 13.2 Å². The average Bonchev–Trinajstić information content (AvgIpc) is 2.73. The molecule has 0 aromatic heterocycles. The molecule has 5 nitrogen and oxygen atoms in total. The number of benzene rings is 3. The fourth-order valence-corrected chi connectivity index (χ4v) is 3.91. The summed E-state index contributed by atoms with van der Waals surface area (Å²) in [7, 11) is -3.77. The summed E-state index contributed by atoms with van der Waals surface area (Å²) in [6.45, 7) is 2.47. The zero-order valence-electron chi connectivity index (χ0n) is 15.5. The molecule has 144 valence electrons. The number of para-hydroxylation sites is 1. The van der Waals surface area contributed by atoms with E-state index in [1.807, 2.05) is 37.3 Å². The number of carbonyl (C=O) groups excluding carboxylic acids is 1. The van der Waals surface area contributed by atoms with Crippen LogP contribution < -0.4 is 10.0 Å². The first-order valence-electron chi connectivity index (χ1n) is 8.97. The van der Waals surface area contributed by atoms with Gasteiger partial charge in [-0.1, -0.05) is 67.6 Å². The van der Waals surface area contributed by atoms with Gasteiger partial charge >= 0.3 is 0 Å². The molecule has 1 atom stereocenters. The Kier molecular flexibility index (Phi) is 6.11. The fraction of sp³-hybridized carbons (Fsp3) is 0.136. The van der Waals surface area contributed by atoms with Crippen molar-refractivity contribution in [3.63, 3.8) is 0 Å². The van der Waals surface area contributed by atoms with Gasteiger partial charge in [-0.15, -0.1) is 0 Å². The van der Waals surface area contributed by atoms with E-state index in [1.165, 1.54) is 12.1 Å². The maximum Gasteiger partial charge on any atom is 0.261 e. The Morgan fingerprint density at radius 2 is 1.43 bits per heavy atom. The van der Waals surface area contributed by atoms with Gasteiger partial charge in [-0.2, -0.15) is 0 Å². The summed E-state index contributed by atoms with van der Waals surface area (Å²) in [6, 6.07) is 24.5. The molecule has 0 fully saturated rings. The van der Waals surface area contributed by atoms with Gasteiger partial charge in [0, 0.05) is 6.54 Å². The summed E-state index contributed by atoms with van der Waals surface area (Å²) in [5, 5.41) is 2.89. The van der Waals surface area contributed by atoms with E-state index >= 15 is 0 Å². The minimum Gasteiger partial charge on any atom is -0.351 e. The van der Waals surface area contributed by atoms with E-state index in [4.69, 9.17) is 0 Å².